The molecule has 0 radical (unpaired) electrons. The molecule has 0 saturated carbocycles. The highest BCUT2D eigenvalue weighted by Crippen LogP contribution is 2.23. The molecule has 3 rings (SSSR count). The van der Waals surface area contributed by atoms with E-state index in [1.54, 1.807) is 38.4 Å². The van der Waals surface area contributed by atoms with Gasteiger partial charge >= 0.3 is 0 Å². The first kappa shape index (κ1) is 23.7. The summed E-state index contributed by atoms with van der Waals surface area (Å²) in [5, 5.41) is 0.393. The number of hydrogen-bond donors (Lipinski definition) is 0. The number of benzene rings is 3. The summed E-state index contributed by atoms with van der Waals surface area (Å²) in [4.78, 5) is 14.4. The van der Waals surface area contributed by atoms with E-state index in [4.69, 9.17) is 16.3 Å². The number of amides is 1. The Balaban J connectivity index is 1.89. The number of methoxy groups -OCH3 is 1. The molecule has 9 heteroatoms. The summed E-state index contributed by atoms with van der Waals surface area (Å²) < 4.78 is 46.1. The second-order valence-corrected chi connectivity index (χ2v) is 9.38. The number of nitrogens with zero attached hydrogens (tertiary/aromatic N) is 2. The number of likely N-dealkylation sites (N-methyl/N-ethyl adjacent to an activating group) is 1. The molecule has 0 saturated heterocycles. The minimum absolute atomic E-state index is 0.00362. The molecule has 0 N–H and O–H groups in total. The number of carbonyl (C=O) groups is 1. The Morgan fingerprint density at radius 3 is 2.12 bits per heavy atom. The van der Waals surface area contributed by atoms with Gasteiger partial charge in [0.1, 0.15) is 11.6 Å². The predicted molar refractivity (Wildman–Crippen MR) is 122 cm³/mol. The van der Waals surface area contributed by atoms with Crippen molar-refractivity contribution in [2.45, 2.75) is 11.4 Å². The standard InChI is InChI=1S/C23H22ClFN2O4S/c1-26(20-9-11-21(31-2)12-10-20)23(28)16-27(15-17-3-7-19(25)8-4-17)32(29,30)22-13-5-18(24)6-14-22/h3-14H,15-16H2,1-2H3. The van der Waals surface area contributed by atoms with Gasteiger partial charge in [-0.3, -0.25) is 4.79 Å². The van der Waals surface area contributed by atoms with Crippen LogP contribution in [0.25, 0.3) is 0 Å². The number of halogens is 2. The van der Waals surface area contributed by atoms with Crippen LogP contribution in [0.1, 0.15) is 5.56 Å². The average Bonchev–Trinajstić information content (AvgIpc) is 2.79. The van der Waals surface area contributed by atoms with Gasteiger partial charge in [0.05, 0.1) is 18.6 Å². The van der Waals surface area contributed by atoms with Crippen LogP contribution in [0.4, 0.5) is 10.1 Å². The smallest absolute Gasteiger partial charge is 0.243 e. The lowest BCUT2D eigenvalue weighted by atomic mass is 10.2. The fourth-order valence-corrected chi connectivity index (χ4v) is 4.49. The Kier molecular flexibility index (Phi) is 7.50. The van der Waals surface area contributed by atoms with E-state index in [9.17, 15) is 17.6 Å². The fraction of sp³-hybridized carbons (Fsp3) is 0.174. The van der Waals surface area contributed by atoms with Crippen LogP contribution < -0.4 is 9.64 Å². The molecule has 0 aliphatic heterocycles. The number of anilines is 1. The van der Waals surface area contributed by atoms with Crippen LogP contribution in [0, 0.1) is 5.82 Å². The first-order valence-corrected chi connectivity index (χ1v) is 11.4. The van der Waals surface area contributed by atoms with Crippen molar-refractivity contribution >= 4 is 33.2 Å². The fourth-order valence-electron chi connectivity index (χ4n) is 2.98. The van der Waals surface area contributed by atoms with Gasteiger partial charge in [0, 0.05) is 24.3 Å². The number of hydrogen-bond acceptors (Lipinski definition) is 4. The molecule has 168 valence electrons. The van der Waals surface area contributed by atoms with Crippen molar-refractivity contribution in [3.05, 3.63) is 89.2 Å². The molecule has 32 heavy (non-hydrogen) atoms. The van der Waals surface area contributed by atoms with Gasteiger partial charge in [0.2, 0.25) is 15.9 Å². The Hall–Kier alpha value is -2.94. The molecule has 0 aliphatic rings. The Labute approximate surface area is 191 Å². The summed E-state index contributed by atoms with van der Waals surface area (Å²) in [6.07, 6.45) is 0. The number of ether oxygens (including phenoxy) is 1. The Morgan fingerprint density at radius 1 is 0.969 bits per heavy atom. The van der Waals surface area contributed by atoms with Gasteiger partial charge in [-0.2, -0.15) is 4.31 Å². The molecule has 0 heterocycles. The minimum atomic E-state index is -4.03. The molecule has 1 amide bonds. The van der Waals surface area contributed by atoms with Crippen LogP contribution in [-0.4, -0.2) is 39.3 Å². The summed E-state index contributed by atoms with van der Waals surface area (Å²) in [7, 11) is -0.929. The zero-order chi connectivity index (χ0) is 23.3. The summed E-state index contributed by atoms with van der Waals surface area (Å²) >= 11 is 5.89. The van der Waals surface area contributed by atoms with E-state index in [1.807, 2.05) is 0 Å². The first-order valence-electron chi connectivity index (χ1n) is 9.61. The van der Waals surface area contributed by atoms with E-state index in [0.29, 0.717) is 22.0 Å². The van der Waals surface area contributed by atoms with Gasteiger partial charge in [0.25, 0.3) is 0 Å². The lowest BCUT2D eigenvalue weighted by Gasteiger charge is -2.25. The number of sulfonamides is 1. The van der Waals surface area contributed by atoms with E-state index < -0.39 is 28.3 Å². The maximum atomic E-state index is 13.3. The molecule has 3 aromatic rings. The van der Waals surface area contributed by atoms with Crippen molar-refractivity contribution in [3.63, 3.8) is 0 Å². The highest BCUT2D eigenvalue weighted by atomic mass is 35.5. The molecule has 0 spiro atoms. The topological polar surface area (TPSA) is 66.9 Å². The van der Waals surface area contributed by atoms with E-state index in [-0.39, 0.29) is 11.4 Å². The van der Waals surface area contributed by atoms with E-state index in [0.717, 1.165) is 4.31 Å². The van der Waals surface area contributed by atoms with E-state index >= 15 is 0 Å². The minimum Gasteiger partial charge on any atom is -0.497 e. The highest BCUT2D eigenvalue weighted by molar-refractivity contribution is 7.89. The zero-order valence-corrected chi connectivity index (χ0v) is 19.1. The average molecular weight is 477 g/mol. The second kappa shape index (κ2) is 10.1. The SMILES string of the molecule is COc1ccc(N(C)C(=O)CN(Cc2ccc(F)cc2)S(=O)(=O)c2ccc(Cl)cc2)cc1. The third kappa shape index (κ3) is 5.64. The zero-order valence-electron chi connectivity index (χ0n) is 17.5. The molecular formula is C23H22ClFN2O4S. The van der Waals surface area contributed by atoms with E-state index in [1.165, 1.54) is 53.4 Å². The first-order chi connectivity index (χ1) is 15.2. The molecule has 0 atom stereocenters. The van der Waals surface area contributed by atoms with Crippen molar-refractivity contribution in [2.24, 2.45) is 0 Å². The molecular weight excluding hydrogens is 455 g/mol. The maximum absolute atomic E-state index is 13.3. The molecule has 0 bridgehead atoms. The lowest BCUT2D eigenvalue weighted by Crippen LogP contribution is -2.41. The largest absolute Gasteiger partial charge is 0.497 e. The van der Waals surface area contributed by atoms with Crippen molar-refractivity contribution in [1.82, 2.24) is 4.31 Å². The van der Waals surface area contributed by atoms with Gasteiger partial charge < -0.3 is 9.64 Å². The van der Waals surface area contributed by atoms with Crippen LogP contribution in [0.3, 0.4) is 0 Å². The van der Waals surface area contributed by atoms with Crippen molar-refractivity contribution in [1.29, 1.82) is 0 Å². The van der Waals surface area contributed by atoms with Crippen molar-refractivity contribution in [3.8, 4) is 5.75 Å². The maximum Gasteiger partial charge on any atom is 0.243 e. The van der Waals surface area contributed by atoms with Gasteiger partial charge in [-0.1, -0.05) is 23.7 Å². The predicted octanol–water partition coefficient (Wildman–Crippen LogP) is 4.34. The van der Waals surface area contributed by atoms with Crippen LogP contribution in [0.2, 0.25) is 5.02 Å². The molecule has 3 aromatic carbocycles. The Bertz CT molecular complexity index is 1170. The third-order valence-electron chi connectivity index (χ3n) is 4.87. The quantitative estimate of drug-likeness (QED) is 0.485. The van der Waals surface area contributed by atoms with Crippen LogP contribution >= 0.6 is 11.6 Å². The third-order valence-corrected chi connectivity index (χ3v) is 6.93. The summed E-state index contributed by atoms with van der Waals surface area (Å²) in [5.41, 5.74) is 1.13. The Morgan fingerprint density at radius 2 is 1.56 bits per heavy atom. The van der Waals surface area contributed by atoms with Gasteiger partial charge in [-0.05, 0) is 66.2 Å². The van der Waals surface area contributed by atoms with Gasteiger partial charge in [0.15, 0.2) is 0 Å². The van der Waals surface area contributed by atoms with Gasteiger partial charge in [-0.15, -0.1) is 0 Å². The summed E-state index contributed by atoms with van der Waals surface area (Å²) in [5.74, 6) is -0.233. The normalized spacial score (nSPS) is 11.4. The lowest BCUT2D eigenvalue weighted by molar-refractivity contribution is -0.118. The second-order valence-electron chi connectivity index (χ2n) is 7.00. The monoisotopic (exact) mass is 476 g/mol. The van der Waals surface area contributed by atoms with Crippen molar-refractivity contribution in [2.75, 3.05) is 25.6 Å². The van der Waals surface area contributed by atoms with Crippen molar-refractivity contribution < 1.29 is 22.3 Å². The number of rotatable bonds is 8. The highest BCUT2D eigenvalue weighted by Gasteiger charge is 2.28. The van der Waals surface area contributed by atoms with E-state index in [2.05, 4.69) is 0 Å². The summed E-state index contributed by atoms with van der Waals surface area (Å²) in [6.45, 7) is -0.516. The van der Waals surface area contributed by atoms with Crippen LogP contribution in [-0.2, 0) is 21.4 Å². The van der Waals surface area contributed by atoms with Gasteiger partial charge in [-0.25, -0.2) is 12.8 Å². The molecule has 0 fully saturated rings. The molecule has 0 aliphatic carbocycles. The van der Waals surface area contributed by atoms with Crippen LogP contribution in [0.5, 0.6) is 5.75 Å². The number of carbonyl (C=O) groups excluding carboxylic acids is 1. The van der Waals surface area contributed by atoms with Crippen LogP contribution in [0.15, 0.2) is 77.7 Å². The molecule has 6 nitrogen and oxygen atoms in total. The summed E-state index contributed by atoms with van der Waals surface area (Å²) in [6, 6.07) is 18.0. The molecule has 0 aromatic heterocycles. The molecule has 0 unspecified atom stereocenters.